The average Bonchev–Trinajstić information content (AvgIpc) is 2.26. The summed E-state index contributed by atoms with van der Waals surface area (Å²) in [5.74, 6) is 0.280. The molecule has 0 aromatic rings. The second-order valence-electron chi connectivity index (χ2n) is 5.08. The van der Waals surface area contributed by atoms with Gasteiger partial charge in [-0.2, -0.15) is 0 Å². The van der Waals surface area contributed by atoms with Crippen LogP contribution in [-0.4, -0.2) is 57.0 Å². The number of piperazine rings is 1. The molecular formula is C12H26N2O2S. The molecule has 0 spiro atoms. The van der Waals surface area contributed by atoms with Crippen molar-refractivity contribution in [2.24, 2.45) is 0 Å². The van der Waals surface area contributed by atoms with Gasteiger partial charge in [0.1, 0.15) is 9.84 Å². The average molecular weight is 262 g/mol. The molecule has 4 nitrogen and oxygen atoms in total. The largest absolute Gasteiger partial charge is 0.311 e. The van der Waals surface area contributed by atoms with Crippen LogP contribution in [0, 0.1) is 0 Å². The molecule has 1 rings (SSSR count). The lowest BCUT2D eigenvalue weighted by Gasteiger charge is -2.40. The van der Waals surface area contributed by atoms with Crippen molar-refractivity contribution in [2.45, 2.75) is 45.2 Å². The summed E-state index contributed by atoms with van der Waals surface area (Å²) >= 11 is 0. The van der Waals surface area contributed by atoms with Gasteiger partial charge in [-0.05, 0) is 12.8 Å². The highest BCUT2D eigenvalue weighted by Crippen LogP contribution is 2.13. The van der Waals surface area contributed by atoms with E-state index in [2.05, 4.69) is 24.1 Å². The Morgan fingerprint density at radius 1 is 1.35 bits per heavy atom. The Balaban J connectivity index is 2.51. The number of hydrogen-bond donors (Lipinski definition) is 1. The molecule has 1 aliphatic heterocycles. The summed E-state index contributed by atoms with van der Waals surface area (Å²) in [5, 5.41) is 3.56. The van der Waals surface area contributed by atoms with Gasteiger partial charge in [0.25, 0.3) is 0 Å². The number of nitrogens with zero attached hydrogens (tertiary/aromatic N) is 1. The van der Waals surface area contributed by atoms with E-state index in [1.54, 1.807) is 0 Å². The molecule has 1 fully saturated rings. The van der Waals surface area contributed by atoms with Crippen molar-refractivity contribution >= 4 is 9.84 Å². The highest BCUT2D eigenvalue weighted by atomic mass is 32.2. The molecule has 0 radical (unpaired) electrons. The SMILES string of the molecule is CCCC1CN(CCS(C)(=O)=O)C(CC)CN1. The van der Waals surface area contributed by atoms with E-state index in [-0.39, 0.29) is 5.75 Å². The van der Waals surface area contributed by atoms with Crippen molar-refractivity contribution in [3.63, 3.8) is 0 Å². The van der Waals surface area contributed by atoms with E-state index >= 15 is 0 Å². The van der Waals surface area contributed by atoms with Crippen molar-refractivity contribution in [2.75, 3.05) is 31.6 Å². The first-order chi connectivity index (χ1) is 7.96. The third kappa shape index (κ3) is 5.36. The standard InChI is InChI=1S/C12H26N2O2S/c1-4-6-11-10-14(7-8-17(3,15)16)12(5-2)9-13-11/h11-13H,4-10H2,1-3H3. The lowest BCUT2D eigenvalue weighted by Crippen LogP contribution is -2.57. The second kappa shape index (κ2) is 6.71. The summed E-state index contributed by atoms with van der Waals surface area (Å²) in [6.07, 6.45) is 4.75. The van der Waals surface area contributed by atoms with Crippen molar-refractivity contribution in [1.29, 1.82) is 0 Å². The third-order valence-corrected chi connectivity index (χ3v) is 4.40. The van der Waals surface area contributed by atoms with Gasteiger partial charge in [-0.25, -0.2) is 8.42 Å². The molecule has 2 unspecified atom stereocenters. The predicted octanol–water partition coefficient (Wildman–Crippen LogP) is 0.884. The van der Waals surface area contributed by atoms with Crippen LogP contribution in [0.1, 0.15) is 33.1 Å². The Bertz CT molecular complexity index is 316. The minimum Gasteiger partial charge on any atom is -0.311 e. The Hall–Kier alpha value is -0.130. The van der Waals surface area contributed by atoms with Crippen molar-refractivity contribution in [1.82, 2.24) is 10.2 Å². The van der Waals surface area contributed by atoms with Crippen LogP contribution >= 0.6 is 0 Å². The molecule has 0 bridgehead atoms. The van der Waals surface area contributed by atoms with Gasteiger partial charge in [0.05, 0.1) is 5.75 Å². The van der Waals surface area contributed by atoms with Gasteiger partial charge >= 0.3 is 0 Å². The van der Waals surface area contributed by atoms with Gasteiger partial charge in [0.15, 0.2) is 0 Å². The minimum absolute atomic E-state index is 0.280. The fourth-order valence-corrected chi connectivity index (χ4v) is 3.00. The molecule has 2 atom stereocenters. The number of nitrogens with one attached hydrogen (secondary N) is 1. The molecule has 0 aromatic heterocycles. The maximum absolute atomic E-state index is 11.2. The van der Waals surface area contributed by atoms with Crippen molar-refractivity contribution < 1.29 is 8.42 Å². The molecule has 17 heavy (non-hydrogen) atoms. The van der Waals surface area contributed by atoms with Crippen LogP contribution in [-0.2, 0) is 9.84 Å². The first kappa shape index (κ1) is 14.9. The maximum atomic E-state index is 11.2. The fourth-order valence-electron chi connectivity index (χ4n) is 2.43. The summed E-state index contributed by atoms with van der Waals surface area (Å²) in [6, 6.07) is 1.02. The van der Waals surface area contributed by atoms with Crippen molar-refractivity contribution in [3.8, 4) is 0 Å². The van der Waals surface area contributed by atoms with Crippen LogP contribution < -0.4 is 5.32 Å². The summed E-state index contributed by atoms with van der Waals surface area (Å²) in [6.45, 7) is 7.01. The van der Waals surface area contributed by atoms with Crippen LogP contribution in [0.4, 0.5) is 0 Å². The quantitative estimate of drug-likeness (QED) is 0.772. The van der Waals surface area contributed by atoms with E-state index in [9.17, 15) is 8.42 Å². The normalized spacial score (nSPS) is 27.2. The van der Waals surface area contributed by atoms with E-state index in [0.29, 0.717) is 18.6 Å². The van der Waals surface area contributed by atoms with Crippen LogP contribution in [0.25, 0.3) is 0 Å². The molecule has 0 aliphatic carbocycles. The topological polar surface area (TPSA) is 49.4 Å². The third-order valence-electron chi connectivity index (χ3n) is 3.47. The lowest BCUT2D eigenvalue weighted by molar-refractivity contribution is 0.130. The monoisotopic (exact) mass is 262 g/mol. The van der Waals surface area contributed by atoms with Crippen LogP contribution in [0.2, 0.25) is 0 Å². The Labute approximate surface area is 106 Å². The van der Waals surface area contributed by atoms with Crippen LogP contribution in [0.5, 0.6) is 0 Å². The minimum atomic E-state index is -2.85. The van der Waals surface area contributed by atoms with E-state index < -0.39 is 9.84 Å². The maximum Gasteiger partial charge on any atom is 0.148 e. The first-order valence-corrected chi connectivity index (χ1v) is 8.67. The zero-order valence-electron chi connectivity index (χ0n) is 11.3. The van der Waals surface area contributed by atoms with Gasteiger partial charge in [0.2, 0.25) is 0 Å². The summed E-state index contributed by atoms with van der Waals surface area (Å²) in [7, 11) is -2.85. The molecule has 5 heteroatoms. The Morgan fingerprint density at radius 2 is 2.06 bits per heavy atom. The Kier molecular flexibility index (Phi) is 5.89. The van der Waals surface area contributed by atoms with E-state index in [1.165, 1.54) is 19.1 Å². The summed E-state index contributed by atoms with van der Waals surface area (Å²) in [4.78, 5) is 2.35. The molecule has 0 aromatic carbocycles. The molecule has 102 valence electrons. The molecule has 1 heterocycles. The number of rotatable bonds is 6. The van der Waals surface area contributed by atoms with Crippen molar-refractivity contribution in [3.05, 3.63) is 0 Å². The van der Waals surface area contributed by atoms with Gasteiger partial charge in [0, 0.05) is 38.0 Å². The first-order valence-electron chi connectivity index (χ1n) is 6.61. The van der Waals surface area contributed by atoms with Gasteiger partial charge in [-0.1, -0.05) is 20.3 Å². The van der Waals surface area contributed by atoms with Gasteiger partial charge in [-0.3, -0.25) is 4.90 Å². The summed E-state index contributed by atoms with van der Waals surface area (Å²) in [5.41, 5.74) is 0. The molecule has 0 saturated carbocycles. The molecule has 1 saturated heterocycles. The second-order valence-corrected chi connectivity index (χ2v) is 7.34. The Morgan fingerprint density at radius 3 is 2.59 bits per heavy atom. The van der Waals surface area contributed by atoms with Gasteiger partial charge in [-0.15, -0.1) is 0 Å². The van der Waals surface area contributed by atoms with Crippen LogP contribution in [0.3, 0.4) is 0 Å². The number of sulfone groups is 1. The molecule has 1 aliphatic rings. The summed E-state index contributed by atoms with van der Waals surface area (Å²) < 4.78 is 22.5. The molecule has 1 N–H and O–H groups in total. The number of hydrogen-bond acceptors (Lipinski definition) is 4. The molecule has 0 amide bonds. The highest BCUT2D eigenvalue weighted by Gasteiger charge is 2.26. The highest BCUT2D eigenvalue weighted by molar-refractivity contribution is 7.90. The predicted molar refractivity (Wildman–Crippen MR) is 72.1 cm³/mol. The molecular weight excluding hydrogens is 236 g/mol. The smallest absolute Gasteiger partial charge is 0.148 e. The zero-order chi connectivity index (χ0) is 12.9. The lowest BCUT2D eigenvalue weighted by atomic mass is 10.0. The van der Waals surface area contributed by atoms with Gasteiger partial charge < -0.3 is 5.32 Å². The van der Waals surface area contributed by atoms with E-state index in [4.69, 9.17) is 0 Å². The zero-order valence-corrected chi connectivity index (χ0v) is 12.1. The van der Waals surface area contributed by atoms with E-state index in [1.807, 2.05) is 0 Å². The van der Waals surface area contributed by atoms with E-state index in [0.717, 1.165) is 19.5 Å². The van der Waals surface area contributed by atoms with Crippen LogP contribution in [0.15, 0.2) is 0 Å². The fraction of sp³-hybridized carbons (Fsp3) is 1.00.